The van der Waals surface area contributed by atoms with Gasteiger partial charge in [-0.05, 0) is 0 Å². The molecule has 0 aromatic carbocycles. The van der Waals surface area contributed by atoms with E-state index in [1.54, 1.807) is 0 Å². The fourth-order valence-corrected chi connectivity index (χ4v) is 3.81. The molecule has 5 nitrogen and oxygen atoms in total. The Morgan fingerprint density at radius 2 is 0.933 bits per heavy atom. The zero-order chi connectivity index (χ0) is 36.9. The van der Waals surface area contributed by atoms with Gasteiger partial charge in [0.05, 0.1) is 5.75 Å². The van der Waals surface area contributed by atoms with Crippen LogP contribution in [0, 0.1) is 0 Å². The van der Waals surface area contributed by atoms with Gasteiger partial charge in [-0.1, -0.05) is 6.58 Å². The SMILES string of the molecule is C=CC(=O)OCCN(C)S(=O)(=O)CCC(F)(F)C(F)(F)C(F)(F)C(F)(F)C(F)(F)C(F)(F)C(F)(F)C(F)(F)C(F)(F)C(F)(F)F. The fourth-order valence-electron chi connectivity index (χ4n) is 2.63. The van der Waals surface area contributed by atoms with Crippen molar-refractivity contribution in [2.45, 2.75) is 65.9 Å². The van der Waals surface area contributed by atoms with Crippen LogP contribution in [0.5, 0.6) is 0 Å². The summed E-state index contributed by atoms with van der Waals surface area (Å²) in [5, 5.41) is 0. The van der Waals surface area contributed by atoms with Crippen LogP contribution in [0.3, 0.4) is 0 Å². The first-order valence-corrected chi connectivity index (χ1v) is 12.1. The molecule has 0 radical (unpaired) electrons. The number of rotatable bonds is 16. The Balaban J connectivity index is 6.63. The maximum atomic E-state index is 14.0. The van der Waals surface area contributed by atoms with Crippen molar-refractivity contribution in [1.82, 2.24) is 4.31 Å². The highest BCUT2D eigenvalue weighted by atomic mass is 32.2. The van der Waals surface area contributed by atoms with Crippen molar-refractivity contribution in [1.29, 1.82) is 0 Å². The second kappa shape index (κ2) is 12.0. The van der Waals surface area contributed by atoms with Gasteiger partial charge in [0.1, 0.15) is 6.61 Å². The number of carbonyl (C=O) groups is 1. The van der Waals surface area contributed by atoms with E-state index in [-0.39, 0.29) is 4.31 Å². The van der Waals surface area contributed by atoms with Crippen LogP contribution >= 0.6 is 0 Å². The maximum Gasteiger partial charge on any atom is 0.460 e. The Morgan fingerprint density at radius 1 is 0.622 bits per heavy atom. The van der Waals surface area contributed by atoms with Crippen LogP contribution in [0.1, 0.15) is 6.42 Å². The van der Waals surface area contributed by atoms with Gasteiger partial charge in [0.15, 0.2) is 0 Å². The molecule has 0 atom stereocenters. The molecule has 0 spiro atoms. The molecule has 0 N–H and O–H groups in total. The average Bonchev–Trinajstić information content (AvgIpc) is 2.85. The number of alkyl halides is 21. The highest BCUT2D eigenvalue weighted by Crippen LogP contribution is 2.66. The Labute approximate surface area is 236 Å². The number of sulfonamides is 1. The van der Waals surface area contributed by atoms with Crippen molar-refractivity contribution in [2.75, 3.05) is 26.0 Å². The molecule has 45 heavy (non-hydrogen) atoms. The van der Waals surface area contributed by atoms with E-state index in [1.807, 2.05) is 0 Å². The first kappa shape index (κ1) is 42.6. The smallest absolute Gasteiger partial charge is 0.460 e. The first-order chi connectivity index (χ1) is 19.3. The number of carbonyl (C=O) groups excluding carboxylic acids is 1. The highest BCUT2D eigenvalue weighted by Gasteiger charge is 2.97. The van der Waals surface area contributed by atoms with Gasteiger partial charge in [-0.15, -0.1) is 0 Å². The third-order valence-corrected chi connectivity index (χ3v) is 7.39. The predicted octanol–water partition coefficient (Wildman–Crippen LogP) is 6.65. The van der Waals surface area contributed by atoms with Gasteiger partial charge in [0.25, 0.3) is 0 Å². The molecule has 0 bridgehead atoms. The molecule has 0 fully saturated rings. The summed E-state index contributed by atoms with van der Waals surface area (Å²) >= 11 is 0. The lowest BCUT2D eigenvalue weighted by molar-refractivity contribution is -0.474. The Kier molecular flexibility index (Phi) is 11.4. The molecule has 0 aromatic rings. The fraction of sp³-hybridized carbons (Fsp3) is 0.833. The summed E-state index contributed by atoms with van der Waals surface area (Å²) in [5.41, 5.74) is 0. The summed E-state index contributed by atoms with van der Waals surface area (Å²) in [6.07, 6.45) is -10.9. The number of likely N-dealkylation sites (N-methyl/N-ethyl adjacent to an activating group) is 1. The molecule has 0 aromatic heterocycles. The number of hydrogen-bond donors (Lipinski definition) is 0. The van der Waals surface area contributed by atoms with E-state index in [0.717, 1.165) is 0 Å². The first-order valence-electron chi connectivity index (χ1n) is 10.5. The molecular formula is C18H14F21NO4S. The minimum atomic E-state index is -9.29. The number of nitrogens with zero attached hydrogens (tertiary/aromatic N) is 1. The average molecular weight is 739 g/mol. The van der Waals surface area contributed by atoms with Gasteiger partial charge in [-0.3, -0.25) is 0 Å². The topological polar surface area (TPSA) is 63.7 Å². The number of hydrogen-bond acceptors (Lipinski definition) is 4. The van der Waals surface area contributed by atoms with Gasteiger partial charge >= 0.3 is 65.4 Å². The summed E-state index contributed by atoms with van der Waals surface area (Å²) in [6, 6.07) is 0. The molecule has 0 heterocycles. The summed E-state index contributed by atoms with van der Waals surface area (Å²) in [4.78, 5) is 10.8. The quantitative estimate of drug-likeness (QED) is 0.101. The molecule has 0 unspecified atom stereocenters. The minimum Gasteiger partial charge on any atom is -0.461 e. The third-order valence-electron chi connectivity index (χ3n) is 5.54. The molecule has 268 valence electrons. The van der Waals surface area contributed by atoms with Crippen molar-refractivity contribution < 1.29 is 110 Å². The number of esters is 1. The maximum absolute atomic E-state index is 14.0. The molecule has 0 rings (SSSR count). The van der Waals surface area contributed by atoms with Crippen LogP contribution in [-0.2, 0) is 19.6 Å². The van der Waals surface area contributed by atoms with Gasteiger partial charge in [-0.2, -0.15) is 92.2 Å². The molecule has 0 saturated carbocycles. The van der Waals surface area contributed by atoms with E-state index in [9.17, 15) is 105 Å². The van der Waals surface area contributed by atoms with Crippen molar-refractivity contribution in [3.63, 3.8) is 0 Å². The van der Waals surface area contributed by atoms with Crippen LogP contribution in [0.2, 0.25) is 0 Å². The van der Waals surface area contributed by atoms with Crippen LogP contribution < -0.4 is 0 Å². The van der Waals surface area contributed by atoms with Gasteiger partial charge in [0, 0.05) is 26.1 Å². The normalized spacial score (nSPS) is 15.8. The van der Waals surface area contributed by atoms with Gasteiger partial charge in [-0.25, -0.2) is 17.5 Å². The van der Waals surface area contributed by atoms with E-state index in [1.165, 1.54) is 0 Å². The third kappa shape index (κ3) is 6.59. The monoisotopic (exact) mass is 739 g/mol. The number of ether oxygens (including phenoxy) is 1. The van der Waals surface area contributed by atoms with E-state index in [4.69, 9.17) is 0 Å². The molecule has 0 amide bonds. The molecular weight excluding hydrogens is 725 g/mol. The summed E-state index contributed by atoms with van der Waals surface area (Å²) < 4.78 is 309. The van der Waals surface area contributed by atoms with E-state index in [0.29, 0.717) is 13.1 Å². The summed E-state index contributed by atoms with van der Waals surface area (Å²) in [6.45, 7) is 0.934. The van der Waals surface area contributed by atoms with Crippen LogP contribution in [0.25, 0.3) is 0 Å². The lowest BCUT2D eigenvalue weighted by atomic mass is 9.86. The summed E-state index contributed by atoms with van der Waals surface area (Å²) in [7, 11) is -4.98. The predicted molar refractivity (Wildman–Crippen MR) is 103 cm³/mol. The molecule has 0 aliphatic rings. The second-order valence-electron chi connectivity index (χ2n) is 8.56. The molecule has 27 heteroatoms. The van der Waals surface area contributed by atoms with Crippen molar-refractivity contribution in [2.24, 2.45) is 0 Å². The van der Waals surface area contributed by atoms with Crippen LogP contribution in [-0.4, -0.2) is 104 Å². The van der Waals surface area contributed by atoms with E-state index >= 15 is 0 Å². The standard InChI is InChI=1S/C18H14F21NO4S/c1-3-8(41)44-6-5-40(2)45(42,43)7-4-9(19,20)10(21,22)11(23,24)12(25,26)13(27,28)14(29,30)15(31,32)16(33,34)17(35,36)18(37,38)39/h3H,1,4-7H2,2H3. The van der Waals surface area contributed by atoms with Crippen LogP contribution in [0.15, 0.2) is 12.7 Å². The number of halogens is 21. The largest absolute Gasteiger partial charge is 0.461 e. The van der Waals surface area contributed by atoms with Crippen molar-refractivity contribution in [3.8, 4) is 0 Å². The Bertz CT molecular complexity index is 1190. The van der Waals surface area contributed by atoms with Gasteiger partial charge in [0.2, 0.25) is 10.0 Å². The zero-order valence-electron chi connectivity index (χ0n) is 21.0. The van der Waals surface area contributed by atoms with E-state index in [2.05, 4.69) is 11.3 Å². The second-order valence-corrected chi connectivity index (χ2v) is 10.8. The molecule has 0 aliphatic heterocycles. The lowest BCUT2D eigenvalue weighted by Gasteiger charge is -2.44. The lowest BCUT2D eigenvalue weighted by Crippen LogP contribution is -2.76. The highest BCUT2D eigenvalue weighted by molar-refractivity contribution is 7.89. The molecule has 0 saturated heterocycles. The molecule has 0 aliphatic carbocycles. The Morgan fingerprint density at radius 3 is 1.24 bits per heavy atom. The van der Waals surface area contributed by atoms with Crippen LogP contribution in [0.4, 0.5) is 92.2 Å². The Hall–Kier alpha value is -2.35. The van der Waals surface area contributed by atoms with Gasteiger partial charge < -0.3 is 4.74 Å². The van der Waals surface area contributed by atoms with E-state index < -0.39 is 101 Å². The van der Waals surface area contributed by atoms with Crippen molar-refractivity contribution >= 4 is 16.0 Å². The zero-order valence-corrected chi connectivity index (χ0v) is 21.9. The summed E-state index contributed by atoms with van der Waals surface area (Å²) in [5.74, 6) is -82.2. The minimum absolute atomic E-state index is 0.127. The van der Waals surface area contributed by atoms with Crippen molar-refractivity contribution in [3.05, 3.63) is 12.7 Å².